The number of methoxy groups -OCH3 is 1. The highest BCUT2D eigenvalue weighted by molar-refractivity contribution is 5.94. The molecule has 0 saturated carbocycles. The minimum absolute atomic E-state index is 0.0188. The molecule has 6 heteroatoms. The second-order valence-electron chi connectivity index (χ2n) is 6.98. The maximum absolute atomic E-state index is 12.7. The standard InChI is InChI=1S/C22H28N2O4/c1-27-21-9-5-8-19(14-21)22(26)24-12-10-23(11-13-24)15-20(25)17-28-16-18-6-3-2-4-7-18/h2-9,14,20,25H,10-13,15-17H2,1H3/t20-/m0/s1. The Bertz CT molecular complexity index is 745. The van der Waals surface area contributed by atoms with Crippen molar-refractivity contribution in [2.75, 3.05) is 46.4 Å². The molecule has 1 heterocycles. The van der Waals surface area contributed by atoms with Crippen LogP contribution in [0, 0.1) is 0 Å². The van der Waals surface area contributed by atoms with Crippen LogP contribution in [0.4, 0.5) is 0 Å². The number of nitrogens with zero attached hydrogens (tertiary/aromatic N) is 2. The van der Waals surface area contributed by atoms with Crippen LogP contribution in [-0.4, -0.2) is 73.4 Å². The molecule has 1 amide bonds. The van der Waals surface area contributed by atoms with Crippen LogP contribution < -0.4 is 4.74 Å². The van der Waals surface area contributed by atoms with Gasteiger partial charge in [0.05, 0.1) is 26.4 Å². The molecule has 1 saturated heterocycles. The number of benzene rings is 2. The van der Waals surface area contributed by atoms with Crippen molar-refractivity contribution in [3.05, 3.63) is 65.7 Å². The maximum Gasteiger partial charge on any atom is 0.254 e. The molecular formula is C22H28N2O4. The average molecular weight is 384 g/mol. The molecule has 28 heavy (non-hydrogen) atoms. The second kappa shape index (κ2) is 10.2. The summed E-state index contributed by atoms with van der Waals surface area (Å²) >= 11 is 0. The molecule has 0 aliphatic carbocycles. The molecule has 150 valence electrons. The fourth-order valence-electron chi connectivity index (χ4n) is 3.31. The van der Waals surface area contributed by atoms with E-state index in [1.165, 1.54) is 0 Å². The van der Waals surface area contributed by atoms with Crippen molar-refractivity contribution >= 4 is 5.91 Å². The molecule has 1 N–H and O–H groups in total. The van der Waals surface area contributed by atoms with Crippen molar-refractivity contribution in [3.63, 3.8) is 0 Å². The summed E-state index contributed by atoms with van der Waals surface area (Å²) in [6.45, 7) is 4.13. The first kappa shape index (κ1) is 20.3. The molecule has 6 nitrogen and oxygen atoms in total. The summed E-state index contributed by atoms with van der Waals surface area (Å²) in [5.74, 6) is 0.702. The highest BCUT2D eigenvalue weighted by Crippen LogP contribution is 2.15. The van der Waals surface area contributed by atoms with E-state index in [-0.39, 0.29) is 5.91 Å². The Labute approximate surface area is 166 Å². The molecule has 0 spiro atoms. The third-order valence-electron chi connectivity index (χ3n) is 4.87. The molecule has 1 atom stereocenters. The summed E-state index contributed by atoms with van der Waals surface area (Å²) in [7, 11) is 1.59. The molecule has 1 aliphatic rings. The van der Waals surface area contributed by atoms with E-state index >= 15 is 0 Å². The zero-order valence-corrected chi connectivity index (χ0v) is 16.3. The number of aliphatic hydroxyl groups is 1. The summed E-state index contributed by atoms with van der Waals surface area (Å²) in [6, 6.07) is 17.2. The highest BCUT2D eigenvalue weighted by Gasteiger charge is 2.23. The second-order valence-corrected chi connectivity index (χ2v) is 6.98. The van der Waals surface area contributed by atoms with Gasteiger partial charge in [0.2, 0.25) is 0 Å². The quantitative estimate of drug-likeness (QED) is 0.755. The first-order chi connectivity index (χ1) is 13.7. The van der Waals surface area contributed by atoms with E-state index in [2.05, 4.69) is 4.90 Å². The zero-order valence-electron chi connectivity index (χ0n) is 16.3. The summed E-state index contributed by atoms with van der Waals surface area (Å²) in [4.78, 5) is 16.7. The van der Waals surface area contributed by atoms with Crippen molar-refractivity contribution in [1.29, 1.82) is 0 Å². The van der Waals surface area contributed by atoms with Crippen molar-refractivity contribution in [2.24, 2.45) is 0 Å². The molecule has 0 aromatic heterocycles. The predicted molar refractivity (Wildman–Crippen MR) is 107 cm³/mol. The molecule has 3 rings (SSSR count). The Morgan fingerprint density at radius 3 is 2.54 bits per heavy atom. The predicted octanol–water partition coefficient (Wildman–Crippen LogP) is 2.03. The maximum atomic E-state index is 12.7. The Kier molecular flexibility index (Phi) is 7.42. The summed E-state index contributed by atoms with van der Waals surface area (Å²) in [6.07, 6.45) is -0.538. The van der Waals surface area contributed by atoms with Crippen molar-refractivity contribution in [2.45, 2.75) is 12.7 Å². The lowest BCUT2D eigenvalue weighted by molar-refractivity contribution is 0.00206. The minimum Gasteiger partial charge on any atom is -0.497 e. The van der Waals surface area contributed by atoms with Crippen LogP contribution >= 0.6 is 0 Å². The van der Waals surface area contributed by atoms with Gasteiger partial charge in [-0.15, -0.1) is 0 Å². The number of hydrogen-bond acceptors (Lipinski definition) is 5. The lowest BCUT2D eigenvalue weighted by atomic mass is 10.1. The normalized spacial score (nSPS) is 16.0. The van der Waals surface area contributed by atoms with Crippen LogP contribution in [0.25, 0.3) is 0 Å². The first-order valence-electron chi connectivity index (χ1n) is 9.61. The van der Waals surface area contributed by atoms with Crippen LogP contribution in [-0.2, 0) is 11.3 Å². The first-order valence-corrected chi connectivity index (χ1v) is 9.61. The highest BCUT2D eigenvalue weighted by atomic mass is 16.5. The molecular weight excluding hydrogens is 356 g/mol. The van der Waals surface area contributed by atoms with Crippen LogP contribution in [0.3, 0.4) is 0 Å². The SMILES string of the molecule is COc1cccc(C(=O)N2CCN(C[C@H](O)COCc3ccccc3)CC2)c1. The van der Waals surface area contributed by atoms with Crippen molar-refractivity contribution < 1.29 is 19.4 Å². The minimum atomic E-state index is -0.538. The fourth-order valence-corrected chi connectivity index (χ4v) is 3.31. The van der Waals surface area contributed by atoms with E-state index in [0.29, 0.717) is 44.2 Å². The van der Waals surface area contributed by atoms with Gasteiger partial charge in [-0.3, -0.25) is 9.69 Å². The molecule has 1 fully saturated rings. The Morgan fingerprint density at radius 1 is 1.07 bits per heavy atom. The average Bonchev–Trinajstić information content (AvgIpc) is 2.74. The van der Waals surface area contributed by atoms with Gasteiger partial charge in [-0.25, -0.2) is 0 Å². The Balaban J connectivity index is 1.39. The van der Waals surface area contributed by atoms with E-state index in [1.54, 1.807) is 13.2 Å². The van der Waals surface area contributed by atoms with E-state index in [4.69, 9.17) is 9.47 Å². The lowest BCUT2D eigenvalue weighted by Gasteiger charge is -2.35. The van der Waals surface area contributed by atoms with Crippen molar-refractivity contribution in [3.8, 4) is 5.75 Å². The Morgan fingerprint density at radius 2 is 1.82 bits per heavy atom. The lowest BCUT2D eigenvalue weighted by Crippen LogP contribution is -2.50. The van der Waals surface area contributed by atoms with Crippen LogP contribution in [0.15, 0.2) is 54.6 Å². The van der Waals surface area contributed by atoms with Gasteiger partial charge in [0.1, 0.15) is 5.75 Å². The van der Waals surface area contributed by atoms with Gasteiger partial charge in [0.25, 0.3) is 5.91 Å². The van der Waals surface area contributed by atoms with Gasteiger partial charge in [0, 0.05) is 38.3 Å². The van der Waals surface area contributed by atoms with Crippen molar-refractivity contribution in [1.82, 2.24) is 9.80 Å². The van der Waals surface area contributed by atoms with Gasteiger partial charge >= 0.3 is 0 Å². The number of hydrogen-bond donors (Lipinski definition) is 1. The number of ether oxygens (including phenoxy) is 2. The third kappa shape index (κ3) is 5.79. The molecule has 2 aromatic rings. The van der Waals surface area contributed by atoms with E-state index < -0.39 is 6.10 Å². The topological polar surface area (TPSA) is 62.2 Å². The number of aliphatic hydroxyl groups excluding tert-OH is 1. The summed E-state index contributed by atoms with van der Waals surface area (Å²) in [5, 5.41) is 10.2. The number of carbonyl (C=O) groups excluding carboxylic acids is 1. The smallest absolute Gasteiger partial charge is 0.254 e. The number of β-amino-alcohol motifs (C(OH)–C–C–N with tert-alkyl or cyclic N) is 1. The molecule has 1 aliphatic heterocycles. The molecule has 0 unspecified atom stereocenters. The molecule has 0 bridgehead atoms. The fraction of sp³-hybridized carbons (Fsp3) is 0.409. The van der Waals surface area contributed by atoms with Gasteiger partial charge in [-0.1, -0.05) is 36.4 Å². The van der Waals surface area contributed by atoms with E-state index in [0.717, 1.165) is 18.7 Å². The molecule has 2 aromatic carbocycles. The van der Waals surface area contributed by atoms with Crippen LogP contribution in [0.2, 0.25) is 0 Å². The van der Waals surface area contributed by atoms with Gasteiger partial charge in [0.15, 0.2) is 0 Å². The monoisotopic (exact) mass is 384 g/mol. The number of amides is 1. The summed E-state index contributed by atoms with van der Waals surface area (Å²) < 4.78 is 10.8. The van der Waals surface area contributed by atoms with Gasteiger partial charge in [-0.05, 0) is 23.8 Å². The van der Waals surface area contributed by atoms with Gasteiger partial charge < -0.3 is 19.5 Å². The third-order valence-corrected chi connectivity index (χ3v) is 4.87. The van der Waals surface area contributed by atoms with E-state index in [1.807, 2.05) is 53.4 Å². The largest absolute Gasteiger partial charge is 0.497 e. The van der Waals surface area contributed by atoms with Gasteiger partial charge in [-0.2, -0.15) is 0 Å². The number of carbonyl (C=O) groups is 1. The van der Waals surface area contributed by atoms with Crippen LogP contribution in [0.1, 0.15) is 15.9 Å². The molecule has 0 radical (unpaired) electrons. The van der Waals surface area contributed by atoms with Crippen LogP contribution in [0.5, 0.6) is 5.75 Å². The van der Waals surface area contributed by atoms with E-state index in [9.17, 15) is 9.90 Å². The number of rotatable bonds is 8. The summed E-state index contributed by atoms with van der Waals surface area (Å²) in [5.41, 5.74) is 1.74. The zero-order chi connectivity index (χ0) is 19.8. The Hall–Kier alpha value is -2.41. The number of piperazine rings is 1.